The summed E-state index contributed by atoms with van der Waals surface area (Å²) in [5.41, 5.74) is 1.72. The van der Waals surface area contributed by atoms with Gasteiger partial charge in [-0.3, -0.25) is 4.98 Å². The van der Waals surface area contributed by atoms with Crippen LogP contribution in [0.1, 0.15) is 5.56 Å². The van der Waals surface area contributed by atoms with Crippen molar-refractivity contribution in [2.45, 2.75) is 0 Å². The Bertz CT molecular complexity index is 710. The van der Waals surface area contributed by atoms with E-state index >= 15 is 0 Å². The Labute approximate surface area is 102 Å². The van der Waals surface area contributed by atoms with Crippen LogP contribution in [-0.2, 0) is 0 Å². The second-order valence-electron chi connectivity index (χ2n) is 3.58. The SMILES string of the molecule is N#Cc1cnc2sc(-c3ccncc3)cc2c1. The summed E-state index contributed by atoms with van der Waals surface area (Å²) in [7, 11) is 0. The van der Waals surface area contributed by atoms with E-state index in [-0.39, 0.29) is 0 Å². The van der Waals surface area contributed by atoms with Crippen LogP contribution in [0.5, 0.6) is 0 Å². The summed E-state index contributed by atoms with van der Waals surface area (Å²) >= 11 is 1.62. The van der Waals surface area contributed by atoms with Crippen molar-refractivity contribution in [2.24, 2.45) is 0 Å². The van der Waals surface area contributed by atoms with Crippen LogP contribution in [0.15, 0.2) is 42.9 Å². The van der Waals surface area contributed by atoms with Gasteiger partial charge in [-0.1, -0.05) is 0 Å². The topological polar surface area (TPSA) is 49.6 Å². The second-order valence-corrected chi connectivity index (χ2v) is 4.61. The summed E-state index contributed by atoms with van der Waals surface area (Å²) in [6, 6.07) is 9.96. The summed E-state index contributed by atoms with van der Waals surface area (Å²) in [5.74, 6) is 0. The molecule has 3 aromatic heterocycles. The maximum absolute atomic E-state index is 8.83. The molecule has 3 rings (SSSR count). The van der Waals surface area contributed by atoms with Gasteiger partial charge in [0.2, 0.25) is 0 Å². The van der Waals surface area contributed by atoms with E-state index in [9.17, 15) is 0 Å². The van der Waals surface area contributed by atoms with Crippen molar-refractivity contribution in [1.82, 2.24) is 9.97 Å². The highest BCUT2D eigenvalue weighted by atomic mass is 32.1. The number of rotatable bonds is 1. The quantitative estimate of drug-likeness (QED) is 0.652. The summed E-state index contributed by atoms with van der Waals surface area (Å²) < 4.78 is 0. The molecule has 0 unspecified atom stereocenters. The summed E-state index contributed by atoms with van der Waals surface area (Å²) in [6.45, 7) is 0. The molecular weight excluding hydrogens is 230 g/mol. The average Bonchev–Trinajstić information content (AvgIpc) is 2.82. The normalized spacial score (nSPS) is 10.3. The van der Waals surface area contributed by atoms with E-state index in [1.807, 2.05) is 18.2 Å². The first-order valence-corrected chi connectivity index (χ1v) is 5.88. The van der Waals surface area contributed by atoms with Crippen molar-refractivity contribution < 1.29 is 0 Å². The van der Waals surface area contributed by atoms with Crippen molar-refractivity contribution in [1.29, 1.82) is 5.26 Å². The minimum Gasteiger partial charge on any atom is -0.265 e. The van der Waals surface area contributed by atoms with Crippen LogP contribution in [0.4, 0.5) is 0 Å². The van der Waals surface area contributed by atoms with Gasteiger partial charge in [-0.15, -0.1) is 11.3 Å². The molecule has 3 aromatic rings. The van der Waals surface area contributed by atoms with Crippen LogP contribution in [0, 0.1) is 11.3 Å². The molecule has 3 nitrogen and oxygen atoms in total. The van der Waals surface area contributed by atoms with Gasteiger partial charge in [-0.2, -0.15) is 5.26 Å². The molecule has 0 spiro atoms. The first kappa shape index (κ1) is 9.94. The molecule has 0 aliphatic heterocycles. The van der Waals surface area contributed by atoms with Crippen LogP contribution in [0.25, 0.3) is 20.7 Å². The monoisotopic (exact) mass is 237 g/mol. The van der Waals surface area contributed by atoms with E-state index in [1.165, 1.54) is 0 Å². The Morgan fingerprint density at radius 2 is 2.00 bits per heavy atom. The number of pyridine rings is 2. The van der Waals surface area contributed by atoms with Crippen molar-refractivity contribution in [3.63, 3.8) is 0 Å². The number of fused-ring (bicyclic) bond motifs is 1. The Kier molecular flexibility index (Phi) is 2.32. The molecule has 0 saturated carbocycles. The van der Waals surface area contributed by atoms with Crippen molar-refractivity contribution in [3.05, 3.63) is 48.4 Å². The molecule has 0 atom stereocenters. The van der Waals surface area contributed by atoms with Crippen LogP contribution in [0.3, 0.4) is 0 Å². The Morgan fingerprint density at radius 3 is 2.76 bits per heavy atom. The van der Waals surface area contributed by atoms with E-state index < -0.39 is 0 Å². The molecule has 0 aromatic carbocycles. The molecule has 0 amide bonds. The van der Waals surface area contributed by atoms with Crippen molar-refractivity contribution in [2.75, 3.05) is 0 Å². The van der Waals surface area contributed by atoms with E-state index in [2.05, 4.69) is 22.1 Å². The molecule has 0 N–H and O–H groups in total. The molecule has 3 heterocycles. The first-order valence-electron chi connectivity index (χ1n) is 5.07. The number of aromatic nitrogens is 2. The standard InChI is InChI=1S/C13H7N3S/c14-7-9-5-11-6-12(17-13(11)16-8-9)10-1-3-15-4-2-10/h1-6,8H. The fourth-order valence-electron chi connectivity index (χ4n) is 1.65. The number of nitrogens with zero attached hydrogens (tertiary/aromatic N) is 3. The highest BCUT2D eigenvalue weighted by Crippen LogP contribution is 2.32. The summed E-state index contributed by atoms with van der Waals surface area (Å²) in [5, 5.41) is 9.84. The summed E-state index contributed by atoms with van der Waals surface area (Å²) in [6.07, 6.45) is 5.15. The third-order valence-corrected chi connectivity index (χ3v) is 3.57. The molecular formula is C13H7N3S. The molecule has 0 fully saturated rings. The van der Waals surface area contributed by atoms with Gasteiger partial charge in [-0.25, -0.2) is 4.98 Å². The highest BCUT2D eigenvalue weighted by Gasteiger charge is 2.05. The second kappa shape index (κ2) is 3.96. The van der Waals surface area contributed by atoms with E-state index in [1.54, 1.807) is 29.9 Å². The lowest BCUT2D eigenvalue weighted by Crippen LogP contribution is -1.75. The zero-order chi connectivity index (χ0) is 11.7. The molecule has 17 heavy (non-hydrogen) atoms. The zero-order valence-electron chi connectivity index (χ0n) is 8.79. The maximum atomic E-state index is 8.83. The number of hydrogen-bond acceptors (Lipinski definition) is 4. The zero-order valence-corrected chi connectivity index (χ0v) is 9.61. The summed E-state index contributed by atoms with van der Waals surface area (Å²) in [4.78, 5) is 10.4. The average molecular weight is 237 g/mol. The van der Waals surface area contributed by atoms with Gasteiger partial charge in [0.1, 0.15) is 10.9 Å². The molecule has 0 aliphatic rings. The molecule has 4 heteroatoms. The lowest BCUT2D eigenvalue weighted by Gasteiger charge is -1.92. The fourth-order valence-corrected chi connectivity index (χ4v) is 2.64. The fraction of sp³-hybridized carbons (Fsp3) is 0. The molecule has 80 valence electrons. The smallest absolute Gasteiger partial charge is 0.123 e. The van der Waals surface area contributed by atoms with E-state index in [0.717, 1.165) is 20.7 Å². The molecule has 0 bridgehead atoms. The van der Waals surface area contributed by atoms with Crippen LogP contribution < -0.4 is 0 Å². The largest absolute Gasteiger partial charge is 0.265 e. The van der Waals surface area contributed by atoms with Gasteiger partial charge in [-0.05, 0) is 29.8 Å². The lowest BCUT2D eigenvalue weighted by atomic mass is 10.2. The Morgan fingerprint density at radius 1 is 1.18 bits per heavy atom. The highest BCUT2D eigenvalue weighted by molar-refractivity contribution is 7.21. The van der Waals surface area contributed by atoms with E-state index in [0.29, 0.717) is 5.56 Å². The maximum Gasteiger partial charge on any atom is 0.123 e. The van der Waals surface area contributed by atoms with Gasteiger partial charge in [0.15, 0.2) is 0 Å². The molecule has 0 saturated heterocycles. The number of hydrogen-bond donors (Lipinski definition) is 0. The first-order chi connectivity index (χ1) is 8.36. The molecule has 0 radical (unpaired) electrons. The number of nitriles is 1. The third-order valence-electron chi connectivity index (χ3n) is 2.47. The molecule has 0 aliphatic carbocycles. The van der Waals surface area contributed by atoms with Crippen molar-refractivity contribution >= 4 is 21.6 Å². The van der Waals surface area contributed by atoms with Crippen LogP contribution in [-0.4, -0.2) is 9.97 Å². The van der Waals surface area contributed by atoms with Crippen molar-refractivity contribution in [3.8, 4) is 16.5 Å². The van der Waals surface area contributed by atoms with E-state index in [4.69, 9.17) is 5.26 Å². The predicted molar refractivity (Wildman–Crippen MR) is 67.6 cm³/mol. The van der Waals surface area contributed by atoms with Crippen LogP contribution in [0.2, 0.25) is 0 Å². The van der Waals surface area contributed by atoms with Gasteiger partial charge in [0.05, 0.1) is 5.56 Å². The minimum absolute atomic E-state index is 0.594. The Balaban J connectivity index is 2.18. The van der Waals surface area contributed by atoms with Gasteiger partial charge >= 0.3 is 0 Å². The minimum atomic E-state index is 0.594. The van der Waals surface area contributed by atoms with Gasteiger partial charge < -0.3 is 0 Å². The predicted octanol–water partition coefficient (Wildman–Crippen LogP) is 3.23. The van der Waals surface area contributed by atoms with Gasteiger partial charge in [0, 0.05) is 28.9 Å². The number of thiophene rings is 1. The third kappa shape index (κ3) is 1.77. The Hall–Kier alpha value is -2.25. The van der Waals surface area contributed by atoms with Gasteiger partial charge in [0.25, 0.3) is 0 Å². The van der Waals surface area contributed by atoms with Crippen LogP contribution >= 0.6 is 11.3 Å². The lowest BCUT2D eigenvalue weighted by molar-refractivity contribution is 1.33.